The van der Waals surface area contributed by atoms with Gasteiger partial charge in [-0.2, -0.15) is 0 Å². The number of nitrogens with zero attached hydrogens (tertiary/aromatic N) is 2. The van der Waals surface area contributed by atoms with E-state index in [9.17, 15) is 14.7 Å². The molecule has 1 fully saturated rings. The number of hydrogen-bond acceptors (Lipinski definition) is 3. The average Bonchev–Trinajstić information content (AvgIpc) is 2.86. The average molecular weight is 375 g/mol. The molecule has 0 saturated carbocycles. The summed E-state index contributed by atoms with van der Waals surface area (Å²) in [4.78, 5) is 27.8. The number of carbonyl (C=O) groups is 2. The summed E-state index contributed by atoms with van der Waals surface area (Å²) in [5.41, 5.74) is 3.95. The Kier molecular flexibility index (Phi) is 5.80. The Morgan fingerprint density at radius 2 is 2.04 bits per heavy atom. The number of amides is 1. The van der Waals surface area contributed by atoms with Crippen LogP contribution in [0.4, 0.5) is 0 Å². The molecule has 2 aliphatic rings. The third-order valence-corrected chi connectivity index (χ3v) is 6.23. The van der Waals surface area contributed by atoms with E-state index in [2.05, 4.69) is 32.3 Å². The number of rotatable bonds is 5. The Balaban J connectivity index is 1.92. The van der Waals surface area contributed by atoms with E-state index in [4.69, 9.17) is 0 Å². The minimum atomic E-state index is -0.0249. The molecular formula is C22H34N2O3. The highest BCUT2D eigenvalue weighted by Crippen LogP contribution is 2.39. The SMILES string of the molecule is CCCn1c(C)c(CC(=O)N2CCC[C@@H](CO)C2)c2c1CC(C)(C)CC2=O. The number of Topliss-reactive ketones (excluding diaryl/α,β-unsaturated/α-hetero) is 1. The van der Waals surface area contributed by atoms with Crippen LogP contribution in [-0.2, 0) is 24.2 Å². The summed E-state index contributed by atoms with van der Waals surface area (Å²) in [7, 11) is 0. The van der Waals surface area contributed by atoms with Crippen molar-refractivity contribution in [1.82, 2.24) is 9.47 Å². The first-order valence-corrected chi connectivity index (χ1v) is 10.4. The Morgan fingerprint density at radius 1 is 1.30 bits per heavy atom. The molecule has 0 bridgehead atoms. The smallest absolute Gasteiger partial charge is 0.227 e. The first-order valence-electron chi connectivity index (χ1n) is 10.4. The van der Waals surface area contributed by atoms with E-state index in [0.29, 0.717) is 19.4 Å². The summed E-state index contributed by atoms with van der Waals surface area (Å²) in [5.74, 6) is 0.462. The largest absolute Gasteiger partial charge is 0.396 e. The van der Waals surface area contributed by atoms with Gasteiger partial charge in [0, 0.05) is 49.6 Å². The Labute approximate surface area is 162 Å². The summed E-state index contributed by atoms with van der Waals surface area (Å²) in [6.45, 7) is 10.9. The molecule has 1 N–H and O–H groups in total. The van der Waals surface area contributed by atoms with E-state index >= 15 is 0 Å². The first-order chi connectivity index (χ1) is 12.8. The second kappa shape index (κ2) is 7.78. The first kappa shape index (κ1) is 20.1. The molecule has 1 saturated heterocycles. The van der Waals surface area contributed by atoms with Gasteiger partial charge >= 0.3 is 0 Å². The molecule has 1 aromatic heterocycles. The molecule has 0 spiro atoms. The molecular weight excluding hydrogens is 340 g/mol. The lowest BCUT2D eigenvalue weighted by Gasteiger charge is -2.32. The van der Waals surface area contributed by atoms with Gasteiger partial charge in [-0.25, -0.2) is 0 Å². The molecule has 1 aliphatic heterocycles. The van der Waals surface area contributed by atoms with Crippen molar-refractivity contribution < 1.29 is 14.7 Å². The van der Waals surface area contributed by atoms with Crippen LogP contribution in [-0.4, -0.2) is 46.0 Å². The van der Waals surface area contributed by atoms with E-state index < -0.39 is 0 Å². The third-order valence-electron chi connectivity index (χ3n) is 6.23. The highest BCUT2D eigenvalue weighted by Gasteiger charge is 2.37. The van der Waals surface area contributed by atoms with Gasteiger partial charge in [0.2, 0.25) is 5.91 Å². The molecule has 2 heterocycles. The molecule has 1 aromatic rings. The zero-order valence-electron chi connectivity index (χ0n) is 17.3. The molecule has 1 atom stereocenters. The molecule has 3 rings (SSSR count). The van der Waals surface area contributed by atoms with E-state index in [1.807, 2.05) is 4.90 Å². The van der Waals surface area contributed by atoms with Crippen molar-refractivity contribution in [2.75, 3.05) is 19.7 Å². The van der Waals surface area contributed by atoms with E-state index in [0.717, 1.165) is 61.3 Å². The summed E-state index contributed by atoms with van der Waals surface area (Å²) in [6.07, 6.45) is 4.67. The lowest BCUT2D eigenvalue weighted by Crippen LogP contribution is -2.41. The van der Waals surface area contributed by atoms with Crippen LogP contribution in [0.1, 0.15) is 73.8 Å². The van der Waals surface area contributed by atoms with Crippen molar-refractivity contribution >= 4 is 11.7 Å². The van der Waals surface area contributed by atoms with E-state index in [-0.39, 0.29) is 29.6 Å². The van der Waals surface area contributed by atoms with Gasteiger partial charge in [0.15, 0.2) is 5.78 Å². The van der Waals surface area contributed by atoms with Crippen LogP contribution in [0.25, 0.3) is 0 Å². The Bertz CT molecular complexity index is 732. The summed E-state index contributed by atoms with van der Waals surface area (Å²) < 4.78 is 2.28. The quantitative estimate of drug-likeness (QED) is 0.861. The lowest BCUT2D eigenvalue weighted by atomic mass is 9.75. The Morgan fingerprint density at radius 3 is 2.70 bits per heavy atom. The van der Waals surface area contributed by atoms with Crippen molar-refractivity contribution in [1.29, 1.82) is 0 Å². The number of ketones is 1. The number of carbonyl (C=O) groups excluding carboxylic acids is 2. The molecule has 5 nitrogen and oxygen atoms in total. The number of aromatic nitrogens is 1. The van der Waals surface area contributed by atoms with Crippen LogP contribution in [0.15, 0.2) is 0 Å². The van der Waals surface area contributed by atoms with Gasteiger partial charge in [-0.15, -0.1) is 0 Å². The number of fused-ring (bicyclic) bond motifs is 1. The Hall–Kier alpha value is -1.62. The van der Waals surface area contributed by atoms with E-state index in [1.54, 1.807) is 0 Å². The van der Waals surface area contributed by atoms with Gasteiger partial charge in [0.1, 0.15) is 0 Å². The molecule has 0 radical (unpaired) electrons. The van der Waals surface area contributed by atoms with Gasteiger partial charge in [0.25, 0.3) is 0 Å². The van der Waals surface area contributed by atoms with Crippen molar-refractivity contribution in [2.45, 2.75) is 72.8 Å². The normalized spacial score (nSPS) is 22.0. The number of piperidine rings is 1. The number of aliphatic hydroxyl groups excluding tert-OH is 1. The van der Waals surface area contributed by atoms with Gasteiger partial charge in [-0.05, 0) is 49.5 Å². The fraction of sp³-hybridized carbons (Fsp3) is 0.727. The number of hydrogen-bond donors (Lipinski definition) is 1. The molecule has 5 heteroatoms. The standard InChI is InChI=1S/C22H34N2O3/c1-5-8-24-15(2)17(21-18(24)11-22(3,4)12-19(21)26)10-20(27)23-9-6-7-16(13-23)14-25/h16,25H,5-14H2,1-4H3/t16-/m1/s1. The molecule has 27 heavy (non-hydrogen) atoms. The predicted octanol–water partition coefficient (Wildman–Crippen LogP) is 3.14. The molecule has 1 aliphatic carbocycles. The van der Waals surface area contributed by atoms with Gasteiger partial charge in [-0.3, -0.25) is 9.59 Å². The van der Waals surface area contributed by atoms with Crippen LogP contribution < -0.4 is 0 Å². The van der Waals surface area contributed by atoms with Crippen LogP contribution in [0.5, 0.6) is 0 Å². The van der Waals surface area contributed by atoms with Crippen LogP contribution in [0, 0.1) is 18.3 Å². The van der Waals surface area contributed by atoms with Crippen LogP contribution in [0.2, 0.25) is 0 Å². The molecule has 1 amide bonds. The van der Waals surface area contributed by atoms with Crippen molar-refractivity contribution in [3.63, 3.8) is 0 Å². The zero-order valence-corrected chi connectivity index (χ0v) is 17.3. The fourth-order valence-electron chi connectivity index (χ4n) is 4.85. The van der Waals surface area contributed by atoms with Crippen molar-refractivity contribution in [2.24, 2.45) is 11.3 Å². The number of likely N-dealkylation sites (tertiary alicyclic amines) is 1. The second-order valence-corrected chi connectivity index (χ2v) is 9.19. The predicted molar refractivity (Wildman–Crippen MR) is 106 cm³/mol. The maximum absolute atomic E-state index is 13.0. The summed E-state index contributed by atoms with van der Waals surface area (Å²) in [6, 6.07) is 0. The fourth-order valence-corrected chi connectivity index (χ4v) is 4.85. The monoisotopic (exact) mass is 374 g/mol. The highest BCUT2D eigenvalue weighted by atomic mass is 16.3. The summed E-state index contributed by atoms with van der Waals surface area (Å²) >= 11 is 0. The number of aliphatic hydroxyl groups is 1. The minimum absolute atomic E-state index is 0.0249. The molecule has 0 unspecified atom stereocenters. The maximum Gasteiger partial charge on any atom is 0.227 e. The van der Waals surface area contributed by atoms with Crippen LogP contribution >= 0.6 is 0 Å². The second-order valence-electron chi connectivity index (χ2n) is 9.19. The van der Waals surface area contributed by atoms with Crippen molar-refractivity contribution in [3.05, 3.63) is 22.5 Å². The lowest BCUT2D eigenvalue weighted by molar-refractivity contribution is -0.132. The highest BCUT2D eigenvalue weighted by molar-refractivity contribution is 6.01. The summed E-state index contributed by atoms with van der Waals surface area (Å²) in [5, 5.41) is 9.44. The molecule has 0 aromatic carbocycles. The third kappa shape index (κ3) is 3.98. The van der Waals surface area contributed by atoms with E-state index in [1.165, 1.54) is 0 Å². The maximum atomic E-state index is 13.0. The minimum Gasteiger partial charge on any atom is -0.396 e. The van der Waals surface area contributed by atoms with Gasteiger partial charge in [0.05, 0.1) is 6.42 Å². The zero-order chi connectivity index (χ0) is 19.8. The van der Waals surface area contributed by atoms with Gasteiger partial charge < -0.3 is 14.6 Å². The topological polar surface area (TPSA) is 62.5 Å². The van der Waals surface area contributed by atoms with Gasteiger partial charge in [-0.1, -0.05) is 20.8 Å². The molecule has 150 valence electrons. The van der Waals surface area contributed by atoms with Crippen LogP contribution in [0.3, 0.4) is 0 Å². The van der Waals surface area contributed by atoms with Crippen molar-refractivity contribution in [3.8, 4) is 0 Å².